The molecule has 58 heavy (non-hydrogen) atoms. The predicted octanol–water partition coefficient (Wildman–Crippen LogP) is 9.81. The van der Waals surface area contributed by atoms with Gasteiger partial charge in [-0.25, -0.2) is 4.79 Å². The van der Waals surface area contributed by atoms with E-state index >= 15 is 0 Å². The maximum absolute atomic E-state index is 12.8. The van der Waals surface area contributed by atoms with Crippen LogP contribution in [0.5, 0.6) is 11.5 Å². The van der Waals surface area contributed by atoms with E-state index in [0.29, 0.717) is 24.5 Å². The lowest BCUT2D eigenvalue weighted by molar-refractivity contribution is -0.276. The summed E-state index contributed by atoms with van der Waals surface area (Å²) in [5, 5.41) is 26.8. The highest BCUT2D eigenvalue weighted by molar-refractivity contribution is 5.89. The van der Waals surface area contributed by atoms with Crippen molar-refractivity contribution in [2.45, 2.75) is 57.6 Å². The number of hydrogen-bond acceptors (Lipinski definition) is 7. The van der Waals surface area contributed by atoms with Crippen LogP contribution in [0.4, 0.5) is 10.5 Å². The van der Waals surface area contributed by atoms with Gasteiger partial charge in [0.1, 0.15) is 11.5 Å². The molecule has 0 bridgehead atoms. The second-order valence-electron chi connectivity index (χ2n) is 14.9. The fourth-order valence-electron chi connectivity index (χ4n) is 7.26. The number of urea groups is 1. The van der Waals surface area contributed by atoms with Crippen molar-refractivity contribution in [3.8, 4) is 22.6 Å². The van der Waals surface area contributed by atoms with Gasteiger partial charge in [0.2, 0.25) is 0 Å². The Labute approximate surface area is 340 Å². The van der Waals surface area contributed by atoms with Gasteiger partial charge in [0.05, 0.1) is 24.9 Å². The molecule has 1 aliphatic rings. The van der Waals surface area contributed by atoms with E-state index in [0.717, 1.165) is 44.7 Å². The van der Waals surface area contributed by atoms with Gasteiger partial charge < -0.3 is 35.1 Å². The van der Waals surface area contributed by atoms with Crippen molar-refractivity contribution in [1.29, 1.82) is 0 Å². The topological polar surface area (TPSA) is 113 Å². The third-order valence-electron chi connectivity index (χ3n) is 10.8. The number of benzene rings is 6. The molecule has 6 aromatic rings. The van der Waals surface area contributed by atoms with Crippen molar-refractivity contribution >= 4 is 11.7 Å². The van der Waals surface area contributed by atoms with Crippen LogP contribution in [0.1, 0.15) is 60.2 Å². The Bertz CT molecular complexity index is 2220. The van der Waals surface area contributed by atoms with E-state index < -0.39 is 12.4 Å². The first-order chi connectivity index (χ1) is 28.2. The van der Waals surface area contributed by atoms with E-state index in [1.807, 2.05) is 135 Å². The minimum Gasteiger partial charge on any atom is -0.457 e. The van der Waals surface area contributed by atoms with Crippen LogP contribution >= 0.6 is 0 Å². The van der Waals surface area contributed by atoms with E-state index in [1.165, 1.54) is 0 Å². The molecule has 7 rings (SSSR count). The quantitative estimate of drug-likeness (QED) is 0.0872. The SMILES string of the molecule is C[C@H]1[C@@H](CN(C)[C@H](C)[C@@H](O)c2ccccc2)O[C@@H](c2cccc(-c3cccc(CNC(=O)Nc4ccc(Oc5ccccc5)cc4)c3)c2)O[C@H]1c1ccc(CO)cc1. The third-order valence-corrected chi connectivity index (χ3v) is 10.8. The first kappa shape index (κ1) is 40.4. The van der Waals surface area contributed by atoms with Gasteiger partial charge in [-0.3, -0.25) is 4.90 Å². The molecule has 6 atom stereocenters. The summed E-state index contributed by atoms with van der Waals surface area (Å²) in [4.78, 5) is 15.0. The Morgan fingerprint density at radius 2 is 1.40 bits per heavy atom. The Morgan fingerprint density at radius 1 is 0.741 bits per heavy atom. The van der Waals surface area contributed by atoms with Crippen molar-refractivity contribution in [3.63, 3.8) is 0 Å². The van der Waals surface area contributed by atoms with Gasteiger partial charge in [0, 0.05) is 36.3 Å². The number of carbonyl (C=O) groups excluding carboxylic acids is 1. The number of rotatable bonds is 14. The average Bonchev–Trinajstić information content (AvgIpc) is 3.27. The average molecular weight is 778 g/mol. The second kappa shape index (κ2) is 19.1. The van der Waals surface area contributed by atoms with Crippen LogP contribution in [0.15, 0.2) is 158 Å². The molecule has 0 spiro atoms. The van der Waals surface area contributed by atoms with Crippen LogP contribution in [-0.4, -0.2) is 46.9 Å². The van der Waals surface area contributed by atoms with Crippen LogP contribution in [0, 0.1) is 5.92 Å². The summed E-state index contributed by atoms with van der Waals surface area (Å²) in [6.07, 6.45) is -1.81. The number of nitrogens with one attached hydrogen (secondary N) is 2. The first-order valence-electron chi connectivity index (χ1n) is 19.7. The summed E-state index contributed by atoms with van der Waals surface area (Å²) in [7, 11) is 2.02. The summed E-state index contributed by atoms with van der Waals surface area (Å²) in [5.41, 5.74) is 7.20. The summed E-state index contributed by atoms with van der Waals surface area (Å²) in [6, 6.07) is 50.2. The molecule has 0 radical (unpaired) electrons. The molecular weight excluding hydrogens is 727 g/mol. The lowest BCUT2D eigenvalue weighted by Crippen LogP contribution is -2.46. The van der Waals surface area contributed by atoms with E-state index in [-0.39, 0.29) is 36.8 Å². The maximum atomic E-state index is 12.8. The van der Waals surface area contributed by atoms with E-state index in [9.17, 15) is 15.0 Å². The fraction of sp³-hybridized carbons (Fsp3) is 0.245. The van der Waals surface area contributed by atoms with E-state index in [1.54, 1.807) is 12.1 Å². The minimum absolute atomic E-state index is 0.0164. The van der Waals surface area contributed by atoms with Crippen LogP contribution in [-0.2, 0) is 22.6 Å². The molecule has 9 nitrogen and oxygen atoms in total. The molecule has 298 valence electrons. The van der Waals surface area contributed by atoms with Gasteiger partial charge in [-0.1, -0.05) is 116 Å². The summed E-state index contributed by atoms with van der Waals surface area (Å²) in [6.45, 7) is 5.06. The highest BCUT2D eigenvalue weighted by atomic mass is 16.7. The number of aliphatic hydroxyl groups is 2. The fourth-order valence-corrected chi connectivity index (χ4v) is 7.26. The monoisotopic (exact) mass is 777 g/mol. The van der Waals surface area contributed by atoms with Crippen molar-refractivity contribution in [1.82, 2.24) is 10.2 Å². The molecule has 0 saturated carbocycles. The predicted molar refractivity (Wildman–Crippen MR) is 227 cm³/mol. The standard InChI is InChI=1S/C49H51N3O6/c1-33-45(31-52(3)34(2)46(54)37-13-6-4-7-14-37)57-48(58-47(33)38-22-20-35(32-53)21-23-38)41-17-11-16-40(29-41)39-15-10-12-36(28-39)30-50-49(55)51-42-24-26-44(27-25-42)56-43-18-8-5-9-19-43/h4-29,33-34,45-48,53-54H,30-32H2,1-3H3,(H2,50,51,55)/t33-,34+,45+,46+,47+,48+/m0/s1. The van der Waals surface area contributed by atoms with Crippen LogP contribution < -0.4 is 15.4 Å². The lowest BCUT2D eigenvalue weighted by atomic mass is 9.89. The molecule has 6 aromatic carbocycles. The molecular formula is C49H51N3O6. The highest BCUT2D eigenvalue weighted by Crippen LogP contribution is 2.43. The molecule has 0 aliphatic carbocycles. The molecule has 1 heterocycles. The molecule has 2 amide bonds. The van der Waals surface area contributed by atoms with Gasteiger partial charge in [-0.15, -0.1) is 0 Å². The normalized spacial score (nSPS) is 18.9. The zero-order valence-corrected chi connectivity index (χ0v) is 33.1. The third kappa shape index (κ3) is 10.2. The van der Waals surface area contributed by atoms with Crippen molar-refractivity contribution < 1.29 is 29.2 Å². The molecule has 1 saturated heterocycles. The van der Waals surface area contributed by atoms with Gasteiger partial charge in [0.15, 0.2) is 6.29 Å². The molecule has 1 aliphatic heterocycles. The smallest absolute Gasteiger partial charge is 0.319 e. The Hall–Kier alpha value is -5.81. The van der Waals surface area contributed by atoms with Crippen molar-refractivity contribution in [2.24, 2.45) is 5.92 Å². The number of para-hydroxylation sites is 1. The lowest BCUT2D eigenvalue weighted by Gasteiger charge is -2.43. The number of likely N-dealkylation sites (N-methyl/N-ethyl adjacent to an activating group) is 1. The molecule has 0 aromatic heterocycles. The summed E-state index contributed by atoms with van der Waals surface area (Å²) >= 11 is 0. The number of aliphatic hydroxyl groups excluding tert-OH is 2. The Kier molecular flexibility index (Phi) is 13.3. The molecule has 1 fully saturated rings. The zero-order chi connectivity index (χ0) is 40.4. The van der Waals surface area contributed by atoms with Gasteiger partial charge in [-0.2, -0.15) is 0 Å². The molecule has 0 unspecified atom stereocenters. The van der Waals surface area contributed by atoms with E-state index in [4.69, 9.17) is 14.2 Å². The van der Waals surface area contributed by atoms with Crippen LogP contribution in [0.2, 0.25) is 0 Å². The molecule has 9 heteroatoms. The number of ether oxygens (including phenoxy) is 3. The Balaban J connectivity index is 1.03. The number of amides is 2. The highest BCUT2D eigenvalue weighted by Gasteiger charge is 2.39. The number of nitrogens with zero attached hydrogens (tertiary/aromatic N) is 1. The number of hydrogen-bond donors (Lipinski definition) is 4. The van der Waals surface area contributed by atoms with E-state index in [2.05, 4.69) is 46.7 Å². The minimum atomic E-state index is -0.658. The van der Waals surface area contributed by atoms with Gasteiger partial charge in [0.25, 0.3) is 0 Å². The van der Waals surface area contributed by atoms with Crippen LogP contribution in [0.25, 0.3) is 11.1 Å². The zero-order valence-electron chi connectivity index (χ0n) is 33.1. The Morgan fingerprint density at radius 3 is 2.10 bits per heavy atom. The van der Waals surface area contributed by atoms with Crippen molar-refractivity contribution in [3.05, 3.63) is 186 Å². The number of anilines is 1. The molecule has 4 N–H and O–H groups in total. The summed E-state index contributed by atoms with van der Waals surface area (Å²) < 4.78 is 19.4. The van der Waals surface area contributed by atoms with Crippen molar-refractivity contribution in [2.75, 3.05) is 18.9 Å². The van der Waals surface area contributed by atoms with Gasteiger partial charge >= 0.3 is 6.03 Å². The second-order valence-corrected chi connectivity index (χ2v) is 14.9. The van der Waals surface area contributed by atoms with Gasteiger partial charge in [-0.05, 0) is 95.9 Å². The number of carbonyl (C=O) groups is 1. The van der Waals surface area contributed by atoms with Crippen LogP contribution in [0.3, 0.4) is 0 Å². The summed E-state index contributed by atoms with van der Waals surface area (Å²) in [5.74, 6) is 1.41. The maximum Gasteiger partial charge on any atom is 0.319 e. The largest absolute Gasteiger partial charge is 0.457 e. The first-order valence-corrected chi connectivity index (χ1v) is 19.7.